The third-order valence-electron chi connectivity index (χ3n) is 2.89. The van der Waals surface area contributed by atoms with E-state index < -0.39 is 5.41 Å². The van der Waals surface area contributed by atoms with Gasteiger partial charge in [-0.15, -0.1) is 0 Å². The Labute approximate surface area is 91.6 Å². The topological polar surface area (TPSA) is 40.5 Å². The maximum Gasteiger partial charge on any atom is 0.0509 e. The first-order valence-corrected chi connectivity index (χ1v) is 5.28. The van der Waals surface area contributed by atoms with Gasteiger partial charge in [0.15, 0.2) is 0 Å². The number of benzene rings is 1. The van der Waals surface area contributed by atoms with Crippen LogP contribution in [-0.4, -0.2) is 23.4 Å². The molecular weight excluding hydrogens is 188 g/mol. The lowest BCUT2D eigenvalue weighted by Gasteiger charge is -2.25. The molecule has 1 rings (SSSR count). The summed E-state index contributed by atoms with van der Waals surface area (Å²) in [7, 11) is 0. The van der Waals surface area contributed by atoms with Crippen LogP contribution in [0.25, 0.3) is 0 Å². The molecule has 0 aliphatic carbocycles. The lowest BCUT2D eigenvalue weighted by molar-refractivity contribution is 0.0703. The average Bonchev–Trinajstić information content (AvgIpc) is 2.23. The SMILES string of the molecule is Cc1ccc(C)c(CC(C)(CO)CO)c1. The molecule has 0 saturated heterocycles. The van der Waals surface area contributed by atoms with Gasteiger partial charge in [0.05, 0.1) is 13.2 Å². The molecule has 0 radical (unpaired) electrons. The van der Waals surface area contributed by atoms with Crippen LogP contribution in [-0.2, 0) is 6.42 Å². The predicted octanol–water partition coefficient (Wildman–Crippen LogP) is 1.84. The minimum absolute atomic E-state index is 0.0108. The van der Waals surface area contributed by atoms with Gasteiger partial charge in [-0.2, -0.15) is 0 Å². The Balaban J connectivity index is 2.92. The molecule has 0 heterocycles. The van der Waals surface area contributed by atoms with Crippen molar-refractivity contribution in [2.24, 2.45) is 5.41 Å². The van der Waals surface area contributed by atoms with Gasteiger partial charge in [0.25, 0.3) is 0 Å². The molecule has 15 heavy (non-hydrogen) atoms. The number of aliphatic hydroxyl groups is 2. The second-order valence-corrected chi connectivity index (χ2v) is 4.73. The Morgan fingerprint density at radius 1 is 1.13 bits per heavy atom. The average molecular weight is 208 g/mol. The molecule has 0 unspecified atom stereocenters. The molecule has 1 aromatic carbocycles. The lowest BCUT2D eigenvalue weighted by atomic mass is 9.83. The van der Waals surface area contributed by atoms with Crippen LogP contribution < -0.4 is 0 Å². The van der Waals surface area contributed by atoms with E-state index in [2.05, 4.69) is 32.0 Å². The zero-order valence-electron chi connectivity index (χ0n) is 9.75. The Kier molecular flexibility index (Phi) is 3.89. The van der Waals surface area contributed by atoms with E-state index in [4.69, 9.17) is 0 Å². The molecule has 2 N–H and O–H groups in total. The number of aryl methyl sites for hydroxylation is 2. The van der Waals surface area contributed by atoms with E-state index >= 15 is 0 Å². The van der Waals surface area contributed by atoms with E-state index in [0.717, 1.165) is 0 Å². The van der Waals surface area contributed by atoms with Crippen LogP contribution in [0.2, 0.25) is 0 Å². The molecule has 2 heteroatoms. The molecule has 0 saturated carbocycles. The molecule has 0 fully saturated rings. The van der Waals surface area contributed by atoms with E-state index in [-0.39, 0.29) is 13.2 Å². The third kappa shape index (κ3) is 3.05. The molecule has 0 amide bonds. The van der Waals surface area contributed by atoms with Crippen molar-refractivity contribution in [3.63, 3.8) is 0 Å². The van der Waals surface area contributed by atoms with Gasteiger partial charge in [0.2, 0.25) is 0 Å². The summed E-state index contributed by atoms with van der Waals surface area (Å²) in [5.41, 5.74) is 3.22. The Morgan fingerprint density at radius 3 is 2.27 bits per heavy atom. The van der Waals surface area contributed by atoms with Gasteiger partial charge in [-0.1, -0.05) is 30.7 Å². The highest BCUT2D eigenvalue weighted by molar-refractivity contribution is 5.31. The molecule has 84 valence electrons. The van der Waals surface area contributed by atoms with Crippen LogP contribution in [0, 0.1) is 19.3 Å². The second-order valence-electron chi connectivity index (χ2n) is 4.73. The summed E-state index contributed by atoms with van der Waals surface area (Å²) in [5, 5.41) is 18.5. The number of hydrogen-bond donors (Lipinski definition) is 2. The fourth-order valence-electron chi connectivity index (χ4n) is 1.61. The maximum atomic E-state index is 9.25. The van der Waals surface area contributed by atoms with Crippen molar-refractivity contribution in [3.05, 3.63) is 34.9 Å². The summed E-state index contributed by atoms with van der Waals surface area (Å²) in [5.74, 6) is 0. The van der Waals surface area contributed by atoms with Crippen molar-refractivity contribution >= 4 is 0 Å². The van der Waals surface area contributed by atoms with Gasteiger partial charge in [-0.05, 0) is 31.4 Å². The standard InChI is InChI=1S/C13H20O2/c1-10-4-5-11(2)12(6-10)7-13(3,8-14)9-15/h4-6,14-15H,7-9H2,1-3H3. The molecule has 0 bridgehead atoms. The van der Waals surface area contributed by atoms with E-state index in [0.29, 0.717) is 6.42 Å². The highest BCUT2D eigenvalue weighted by Gasteiger charge is 2.23. The van der Waals surface area contributed by atoms with Crippen LogP contribution in [0.4, 0.5) is 0 Å². The summed E-state index contributed by atoms with van der Waals surface area (Å²) in [6, 6.07) is 6.28. The number of aliphatic hydroxyl groups excluding tert-OH is 2. The molecule has 0 aliphatic heterocycles. The molecule has 0 atom stereocenters. The molecule has 2 nitrogen and oxygen atoms in total. The van der Waals surface area contributed by atoms with Gasteiger partial charge < -0.3 is 10.2 Å². The first-order valence-electron chi connectivity index (χ1n) is 5.28. The predicted molar refractivity (Wildman–Crippen MR) is 61.9 cm³/mol. The van der Waals surface area contributed by atoms with E-state index in [1.165, 1.54) is 16.7 Å². The van der Waals surface area contributed by atoms with Gasteiger partial charge >= 0.3 is 0 Å². The molecule has 0 spiro atoms. The molecule has 0 aliphatic rings. The minimum atomic E-state index is -0.418. The van der Waals surface area contributed by atoms with Crippen LogP contribution >= 0.6 is 0 Å². The maximum absolute atomic E-state index is 9.25. The molecule has 1 aromatic rings. The van der Waals surface area contributed by atoms with Crippen molar-refractivity contribution in [1.29, 1.82) is 0 Å². The van der Waals surface area contributed by atoms with E-state index in [9.17, 15) is 10.2 Å². The first kappa shape index (κ1) is 12.2. The Morgan fingerprint density at radius 2 is 1.73 bits per heavy atom. The van der Waals surface area contributed by atoms with Gasteiger partial charge in [-0.25, -0.2) is 0 Å². The van der Waals surface area contributed by atoms with Crippen molar-refractivity contribution in [3.8, 4) is 0 Å². The highest BCUT2D eigenvalue weighted by atomic mass is 16.3. The van der Waals surface area contributed by atoms with Crippen molar-refractivity contribution in [2.75, 3.05) is 13.2 Å². The normalized spacial score (nSPS) is 11.8. The van der Waals surface area contributed by atoms with Gasteiger partial charge in [-0.3, -0.25) is 0 Å². The van der Waals surface area contributed by atoms with Crippen LogP contribution in [0.1, 0.15) is 23.6 Å². The minimum Gasteiger partial charge on any atom is -0.396 e. The fourth-order valence-corrected chi connectivity index (χ4v) is 1.61. The van der Waals surface area contributed by atoms with Crippen molar-refractivity contribution < 1.29 is 10.2 Å². The monoisotopic (exact) mass is 208 g/mol. The lowest BCUT2D eigenvalue weighted by Crippen LogP contribution is -2.28. The Bertz CT molecular complexity index is 327. The number of rotatable bonds is 4. The smallest absolute Gasteiger partial charge is 0.0509 e. The summed E-state index contributed by atoms with van der Waals surface area (Å²) in [6.07, 6.45) is 0.716. The van der Waals surface area contributed by atoms with Gasteiger partial charge in [0.1, 0.15) is 0 Å². The van der Waals surface area contributed by atoms with Crippen LogP contribution in [0.5, 0.6) is 0 Å². The quantitative estimate of drug-likeness (QED) is 0.792. The largest absolute Gasteiger partial charge is 0.396 e. The van der Waals surface area contributed by atoms with Crippen LogP contribution in [0.15, 0.2) is 18.2 Å². The van der Waals surface area contributed by atoms with E-state index in [1.807, 2.05) is 6.92 Å². The van der Waals surface area contributed by atoms with Crippen LogP contribution in [0.3, 0.4) is 0 Å². The first-order chi connectivity index (χ1) is 7.00. The fraction of sp³-hybridized carbons (Fsp3) is 0.538. The summed E-state index contributed by atoms with van der Waals surface area (Å²) < 4.78 is 0. The summed E-state index contributed by atoms with van der Waals surface area (Å²) >= 11 is 0. The third-order valence-corrected chi connectivity index (χ3v) is 2.89. The highest BCUT2D eigenvalue weighted by Crippen LogP contribution is 2.24. The summed E-state index contributed by atoms with van der Waals surface area (Å²) in [6.45, 7) is 6.03. The zero-order chi connectivity index (χ0) is 11.5. The number of hydrogen-bond acceptors (Lipinski definition) is 2. The molecule has 0 aromatic heterocycles. The summed E-state index contributed by atoms with van der Waals surface area (Å²) in [4.78, 5) is 0. The van der Waals surface area contributed by atoms with Crippen molar-refractivity contribution in [1.82, 2.24) is 0 Å². The second kappa shape index (κ2) is 4.77. The zero-order valence-corrected chi connectivity index (χ0v) is 9.75. The Hall–Kier alpha value is -0.860. The van der Waals surface area contributed by atoms with E-state index in [1.54, 1.807) is 0 Å². The molecular formula is C13H20O2. The van der Waals surface area contributed by atoms with Crippen molar-refractivity contribution in [2.45, 2.75) is 27.2 Å². The van der Waals surface area contributed by atoms with Gasteiger partial charge in [0, 0.05) is 5.41 Å².